The molecule has 10 nitrogen and oxygen atoms in total. The van der Waals surface area contributed by atoms with Gasteiger partial charge in [-0.15, -0.1) is 0 Å². The van der Waals surface area contributed by atoms with E-state index in [-0.39, 0.29) is 16.5 Å². The van der Waals surface area contributed by atoms with Crippen molar-refractivity contribution < 1.29 is 51.0 Å². The maximum Gasteiger partial charge on any atom is 2.00 e. The number of hydrogen-bond acceptors (Lipinski definition) is 6. The topological polar surface area (TPSA) is 162 Å². The Balaban J connectivity index is -0.000000106. The van der Waals surface area contributed by atoms with Crippen molar-refractivity contribution >= 4 is 14.5 Å². The summed E-state index contributed by atoms with van der Waals surface area (Å²) in [6, 6.07) is 10.8. The summed E-state index contributed by atoms with van der Waals surface area (Å²) in [7, 11) is -12.0. The molecule has 4 aromatic heterocycles. The maximum absolute atomic E-state index is 9.75. The molecule has 0 aromatic carbocycles. The predicted molar refractivity (Wildman–Crippen MR) is 117 cm³/mol. The van der Waals surface area contributed by atoms with Gasteiger partial charge < -0.3 is 34.5 Å². The average Bonchev–Trinajstić information content (AvgIpc) is 3.59. The van der Waals surface area contributed by atoms with E-state index in [2.05, 4.69) is 40.8 Å². The van der Waals surface area contributed by atoms with Crippen LogP contribution in [0.1, 0.15) is 13.8 Å². The summed E-state index contributed by atoms with van der Waals surface area (Å²) < 4.78 is 78.0. The fourth-order valence-electron chi connectivity index (χ4n) is 0.861. The second-order valence-corrected chi connectivity index (χ2v) is 4.50. The van der Waals surface area contributed by atoms with Gasteiger partial charge in [0.1, 0.15) is 0 Å². The molecule has 0 saturated heterocycles. The van der Waals surface area contributed by atoms with Crippen LogP contribution in [-0.4, -0.2) is 55.3 Å². The Kier molecular flexibility index (Phi) is 39.6. The van der Waals surface area contributed by atoms with Gasteiger partial charge in [0.25, 0.3) is 0 Å². The summed E-state index contributed by atoms with van der Waals surface area (Å²) in [6.45, 7) is 2.86. The van der Waals surface area contributed by atoms with Crippen LogP contribution >= 0.6 is 0 Å². The largest absolute Gasteiger partial charge is 2.00 e. The van der Waals surface area contributed by atoms with Crippen molar-refractivity contribution in [3.05, 3.63) is 73.8 Å². The summed E-state index contributed by atoms with van der Waals surface area (Å²) in [4.78, 5) is 0. The zero-order valence-electron chi connectivity index (χ0n) is 19.1. The van der Waals surface area contributed by atoms with E-state index in [0.29, 0.717) is 0 Å². The molecule has 4 heterocycles. The molecule has 0 unspecified atom stereocenters. The molecule has 0 amide bonds. The molecule has 4 N–H and O–H groups in total. The van der Waals surface area contributed by atoms with Crippen LogP contribution in [0.25, 0.3) is 0 Å². The summed E-state index contributed by atoms with van der Waals surface area (Å²) in [5.74, 6) is 0. The summed E-state index contributed by atoms with van der Waals surface area (Å²) in [6.07, 6.45) is 13.8. The predicted octanol–water partition coefficient (Wildman–Crippen LogP) is 5.30. The first kappa shape index (κ1) is 43.0. The first-order valence-corrected chi connectivity index (χ1v) is 8.94. The van der Waals surface area contributed by atoms with Crippen molar-refractivity contribution in [2.45, 2.75) is 13.8 Å². The van der Waals surface area contributed by atoms with Crippen LogP contribution in [0, 0.1) is 22.7 Å². The minimum Gasteiger partial charge on any atom is -0.418 e. The van der Waals surface area contributed by atoms with E-state index in [4.69, 9.17) is 10.5 Å². The quantitative estimate of drug-likeness (QED) is 0.161. The SMILES string of the molecule is CC#N.CC#N.F[B-](F)(F)F.F[B-](F)(F)F.[Ni+2].c1cn[nH]c1.c1cn[nH]c1.c1cn[nH]c1.c1cn[nH]c1. The maximum atomic E-state index is 9.75. The van der Waals surface area contributed by atoms with Crippen molar-refractivity contribution in [2.75, 3.05) is 0 Å². The standard InChI is InChI=1S/4C3H4N2.2C2H3N.2BF4.Ni/c4*1-2-4-5-3-1;2*1-2-3;2*2-1(3,4)5;/h4*1-3H,(H,4,5);2*1H3;;;/q;;;;;;2*-1;+2. The third kappa shape index (κ3) is 113. The Morgan fingerprint density at radius 3 is 0.676 bits per heavy atom. The molecule has 37 heavy (non-hydrogen) atoms. The van der Waals surface area contributed by atoms with Crippen molar-refractivity contribution in [3.8, 4) is 12.1 Å². The van der Waals surface area contributed by atoms with Crippen molar-refractivity contribution in [1.29, 1.82) is 10.5 Å². The fourth-order valence-corrected chi connectivity index (χ4v) is 0.861. The summed E-state index contributed by atoms with van der Waals surface area (Å²) >= 11 is 0. The van der Waals surface area contributed by atoms with Crippen molar-refractivity contribution in [2.24, 2.45) is 0 Å². The Hall–Kier alpha value is -4.12. The first-order valence-electron chi connectivity index (χ1n) is 8.94. The summed E-state index contributed by atoms with van der Waals surface area (Å²) in [5, 5.41) is 39.5. The number of nitriles is 2. The molecule has 0 aliphatic carbocycles. The van der Waals surface area contributed by atoms with Gasteiger partial charge in [-0.25, -0.2) is 0 Å². The van der Waals surface area contributed by atoms with E-state index >= 15 is 0 Å². The van der Waals surface area contributed by atoms with E-state index in [1.807, 2.05) is 24.3 Å². The van der Waals surface area contributed by atoms with Gasteiger partial charge in [-0.05, 0) is 24.3 Å². The monoisotopic (exact) mass is 586 g/mol. The third-order valence-corrected chi connectivity index (χ3v) is 1.62. The molecular formula is C16H22B2F8N10Ni. The average molecular weight is 587 g/mol. The van der Waals surface area contributed by atoms with Crippen LogP contribution in [0.3, 0.4) is 0 Å². The van der Waals surface area contributed by atoms with E-state index in [1.165, 1.54) is 13.8 Å². The zero-order chi connectivity index (χ0) is 28.6. The van der Waals surface area contributed by atoms with Gasteiger partial charge in [0.15, 0.2) is 0 Å². The van der Waals surface area contributed by atoms with E-state index < -0.39 is 14.5 Å². The molecular weight excluding hydrogens is 565 g/mol. The molecule has 0 saturated carbocycles. The van der Waals surface area contributed by atoms with Crippen molar-refractivity contribution in [1.82, 2.24) is 40.8 Å². The van der Waals surface area contributed by atoms with Crippen LogP contribution in [0.5, 0.6) is 0 Å². The van der Waals surface area contributed by atoms with Gasteiger partial charge in [0.05, 0.1) is 12.1 Å². The molecule has 0 radical (unpaired) electrons. The smallest absolute Gasteiger partial charge is 0.418 e. The minimum absolute atomic E-state index is 0. The van der Waals surface area contributed by atoms with Crippen LogP contribution < -0.4 is 0 Å². The second kappa shape index (κ2) is 34.1. The molecule has 0 fully saturated rings. The third-order valence-electron chi connectivity index (χ3n) is 1.62. The summed E-state index contributed by atoms with van der Waals surface area (Å²) in [5.41, 5.74) is 0. The molecule has 0 spiro atoms. The number of aromatic amines is 4. The molecule has 4 rings (SSSR count). The molecule has 4 aromatic rings. The van der Waals surface area contributed by atoms with Gasteiger partial charge in [-0.3, -0.25) is 20.4 Å². The molecule has 208 valence electrons. The zero-order valence-corrected chi connectivity index (χ0v) is 20.1. The van der Waals surface area contributed by atoms with E-state index in [9.17, 15) is 34.5 Å². The van der Waals surface area contributed by atoms with Gasteiger partial charge in [-0.2, -0.15) is 30.9 Å². The van der Waals surface area contributed by atoms with Crippen LogP contribution in [-0.2, 0) is 16.5 Å². The number of nitrogens with one attached hydrogen (secondary N) is 4. The van der Waals surface area contributed by atoms with Crippen LogP contribution in [0.15, 0.2) is 73.8 Å². The molecule has 21 heteroatoms. The van der Waals surface area contributed by atoms with Crippen molar-refractivity contribution in [3.63, 3.8) is 0 Å². The number of nitrogens with zero attached hydrogens (tertiary/aromatic N) is 6. The van der Waals surface area contributed by atoms with E-state index in [1.54, 1.807) is 61.7 Å². The number of rotatable bonds is 0. The Morgan fingerprint density at radius 1 is 0.514 bits per heavy atom. The number of aromatic nitrogens is 8. The normalized spacial score (nSPS) is 8.00. The van der Waals surface area contributed by atoms with Crippen LogP contribution in [0.2, 0.25) is 0 Å². The molecule has 0 aliphatic rings. The Labute approximate surface area is 217 Å². The van der Waals surface area contributed by atoms with Gasteiger partial charge in [0.2, 0.25) is 0 Å². The number of hydrogen-bond donors (Lipinski definition) is 4. The molecule has 0 atom stereocenters. The Morgan fingerprint density at radius 2 is 0.649 bits per heavy atom. The van der Waals surface area contributed by atoms with Gasteiger partial charge >= 0.3 is 31.0 Å². The number of H-pyrrole nitrogens is 4. The second-order valence-electron chi connectivity index (χ2n) is 4.50. The number of halogens is 8. The van der Waals surface area contributed by atoms with E-state index in [0.717, 1.165) is 0 Å². The fraction of sp³-hybridized carbons (Fsp3) is 0.125. The van der Waals surface area contributed by atoms with Crippen LogP contribution in [0.4, 0.5) is 34.5 Å². The van der Waals surface area contributed by atoms with Gasteiger partial charge in [0, 0.05) is 63.4 Å². The van der Waals surface area contributed by atoms with Gasteiger partial charge in [-0.1, -0.05) is 0 Å². The first-order chi connectivity index (χ1) is 16.8. The molecule has 0 bridgehead atoms. The molecule has 0 aliphatic heterocycles. The Bertz CT molecular complexity index is 684. The minimum atomic E-state index is -6.00.